The fourth-order valence-corrected chi connectivity index (χ4v) is 2.85. The Balaban J connectivity index is 2.03. The lowest BCUT2D eigenvalue weighted by Crippen LogP contribution is -2.34. The van der Waals surface area contributed by atoms with Gasteiger partial charge in [-0.3, -0.25) is 0 Å². The molecule has 22 heavy (non-hydrogen) atoms. The Labute approximate surface area is 127 Å². The average Bonchev–Trinajstić information content (AvgIpc) is 2.51. The van der Waals surface area contributed by atoms with Gasteiger partial charge >= 0.3 is 5.63 Å². The minimum Gasteiger partial charge on any atom is -0.422 e. The summed E-state index contributed by atoms with van der Waals surface area (Å²) in [5.74, 6) is 6.05. The first kappa shape index (κ1) is 13.1. The first-order valence-corrected chi connectivity index (χ1v) is 7.36. The van der Waals surface area contributed by atoms with Gasteiger partial charge in [0.1, 0.15) is 11.2 Å². The number of fused-ring (bicyclic) bond motifs is 3. The predicted molar refractivity (Wildman–Crippen MR) is 85.7 cm³/mol. The van der Waals surface area contributed by atoms with E-state index in [-0.39, 0.29) is 5.63 Å². The molecule has 1 N–H and O–H groups in total. The molecule has 0 bridgehead atoms. The Kier molecular flexibility index (Phi) is 2.82. The van der Waals surface area contributed by atoms with Crippen LogP contribution in [0.15, 0.2) is 51.7 Å². The van der Waals surface area contributed by atoms with Crippen LogP contribution >= 0.6 is 0 Å². The van der Waals surface area contributed by atoms with Crippen molar-refractivity contribution in [3.63, 3.8) is 0 Å². The van der Waals surface area contributed by atoms with Crippen molar-refractivity contribution in [3.8, 4) is 11.8 Å². The van der Waals surface area contributed by atoms with E-state index >= 15 is 0 Å². The van der Waals surface area contributed by atoms with Crippen LogP contribution < -0.4 is 5.63 Å². The van der Waals surface area contributed by atoms with E-state index in [1.54, 1.807) is 12.1 Å². The minimum atomic E-state index is -0.854. The van der Waals surface area contributed by atoms with Gasteiger partial charge in [0.25, 0.3) is 0 Å². The van der Waals surface area contributed by atoms with Crippen LogP contribution in [0.4, 0.5) is 0 Å². The van der Waals surface area contributed by atoms with Gasteiger partial charge in [-0.1, -0.05) is 36.1 Å². The number of hydrogen-bond acceptors (Lipinski definition) is 3. The molecule has 108 valence electrons. The van der Waals surface area contributed by atoms with Gasteiger partial charge in [0.15, 0.2) is 0 Å². The molecule has 3 nitrogen and oxygen atoms in total. The Morgan fingerprint density at radius 3 is 2.55 bits per heavy atom. The lowest BCUT2D eigenvalue weighted by atomic mass is 9.81. The summed E-state index contributed by atoms with van der Waals surface area (Å²) in [5, 5.41) is 12.4. The van der Waals surface area contributed by atoms with Crippen LogP contribution in [-0.2, 0) is 0 Å². The lowest BCUT2D eigenvalue weighted by Gasteiger charge is -2.30. The second kappa shape index (κ2) is 4.72. The first-order chi connectivity index (χ1) is 10.7. The molecule has 0 atom stereocenters. The van der Waals surface area contributed by atoms with E-state index in [1.807, 2.05) is 30.3 Å². The maximum absolute atomic E-state index is 12.0. The summed E-state index contributed by atoms with van der Waals surface area (Å²) < 4.78 is 5.40. The van der Waals surface area contributed by atoms with Crippen molar-refractivity contribution in [2.45, 2.75) is 24.9 Å². The normalized spacial score (nSPS) is 16.0. The van der Waals surface area contributed by atoms with Crippen LogP contribution in [0.1, 0.15) is 24.8 Å². The first-order valence-electron chi connectivity index (χ1n) is 7.36. The average molecular weight is 290 g/mol. The van der Waals surface area contributed by atoms with Gasteiger partial charge in [-0.25, -0.2) is 4.79 Å². The monoisotopic (exact) mass is 290 g/mol. The zero-order chi connectivity index (χ0) is 15.2. The van der Waals surface area contributed by atoms with Crippen molar-refractivity contribution in [2.75, 3.05) is 0 Å². The van der Waals surface area contributed by atoms with Gasteiger partial charge in [0.05, 0.1) is 5.39 Å². The molecule has 1 saturated carbocycles. The van der Waals surface area contributed by atoms with E-state index in [2.05, 4.69) is 11.8 Å². The van der Waals surface area contributed by atoms with Crippen LogP contribution in [0.25, 0.3) is 21.7 Å². The van der Waals surface area contributed by atoms with Crippen molar-refractivity contribution in [1.29, 1.82) is 0 Å². The largest absolute Gasteiger partial charge is 0.422 e. The molecular formula is C19H14O3. The van der Waals surface area contributed by atoms with Crippen molar-refractivity contribution in [3.05, 3.63) is 58.4 Å². The fraction of sp³-hybridized carbons (Fsp3) is 0.211. The summed E-state index contributed by atoms with van der Waals surface area (Å²) in [7, 11) is 0. The zero-order valence-electron chi connectivity index (χ0n) is 11.9. The molecule has 4 rings (SSSR count). The van der Waals surface area contributed by atoms with Crippen molar-refractivity contribution < 1.29 is 9.52 Å². The van der Waals surface area contributed by atoms with Gasteiger partial charge < -0.3 is 9.52 Å². The van der Waals surface area contributed by atoms with Crippen LogP contribution in [0, 0.1) is 11.8 Å². The molecule has 0 saturated heterocycles. The molecule has 1 aliphatic rings. The third-order valence-electron chi connectivity index (χ3n) is 4.26. The molecule has 1 aromatic heterocycles. The van der Waals surface area contributed by atoms with Gasteiger partial charge in [-0.05, 0) is 37.5 Å². The van der Waals surface area contributed by atoms with Crippen molar-refractivity contribution in [1.82, 2.24) is 0 Å². The fourth-order valence-electron chi connectivity index (χ4n) is 2.85. The summed E-state index contributed by atoms with van der Waals surface area (Å²) in [6.45, 7) is 0. The summed E-state index contributed by atoms with van der Waals surface area (Å²) in [6.07, 6.45) is 2.46. The Morgan fingerprint density at radius 2 is 1.82 bits per heavy atom. The van der Waals surface area contributed by atoms with Crippen molar-refractivity contribution >= 4 is 21.7 Å². The van der Waals surface area contributed by atoms with E-state index in [1.165, 1.54) is 0 Å². The van der Waals surface area contributed by atoms with Gasteiger partial charge in [-0.2, -0.15) is 0 Å². The van der Waals surface area contributed by atoms with E-state index < -0.39 is 5.60 Å². The van der Waals surface area contributed by atoms with E-state index in [4.69, 9.17) is 4.42 Å². The maximum atomic E-state index is 12.0. The van der Waals surface area contributed by atoms with Crippen LogP contribution in [0.2, 0.25) is 0 Å². The highest BCUT2D eigenvalue weighted by Crippen LogP contribution is 2.31. The highest BCUT2D eigenvalue weighted by atomic mass is 16.4. The van der Waals surface area contributed by atoms with Crippen LogP contribution in [0.5, 0.6) is 0 Å². The van der Waals surface area contributed by atoms with Crippen molar-refractivity contribution in [2.24, 2.45) is 0 Å². The molecule has 1 heterocycles. The molecule has 2 aromatic carbocycles. The van der Waals surface area contributed by atoms with E-state index in [9.17, 15) is 9.90 Å². The molecule has 1 aliphatic carbocycles. The van der Waals surface area contributed by atoms with Crippen LogP contribution in [0.3, 0.4) is 0 Å². The molecule has 0 radical (unpaired) electrons. The van der Waals surface area contributed by atoms with E-state index in [0.29, 0.717) is 11.0 Å². The Morgan fingerprint density at radius 1 is 1.05 bits per heavy atom. The number of aliphatic hydroxyl groups is 1. The summed E-state index contributed by atoms with van der Waals surface area (Å²) in [6, 6.07) is 12.8. The molecule has 1 fully saturated rings. The van der Waals surface area contributed by atoms with E-state index in [0.717, 1.165) is 35.6 Å². The number of rotatable bonds is 0. The molecular weight excluding hydrogens is 276 g/mol. The highest BCUT2D eigenvalue weighted by molar-refractivity contribution is 6.07. The Hall–Kier alpha value is -2.57. The second-order valence-electron chi connectivity index (χ2n) is 5.75. The highest BCUT2D eigenvalue weighted by Gasteiger charge is 2.32. The molecule has 0 aliphatic heterocycles. The maximum Gasteiger partial charge on any atom is 0.344 e. The third-order valence-corrected chi connectivity index (χ3v) is 4.26. The topological polar surface area (TPSA) is 50.4 Å². The third kappa shape index (κ3) is 2.01. The summed E-state index contributed by atoms with van der Waals surface area (Å²) in [5.41, 5.74) is 0.104. The minimum absolute atomic E-state index is 0.342. The number of benzene rings is 2. The molecule has 0 amide bonds. The van der Waals surface area contributed by atoms with Gasteiger partial charge in [0.2, 0.25) is 0 Å². The summed E-state index contributed by atoms with van der Waals surface area (Å²) >= 11 is 0. The van der Waals surface area contributed by atoms with Gasteiger partial charge in [-0.15, -0.1) is 0 Å². The molecule has 3 heteroatoms. The molecule has 3 aromatic rings. The predicted octanol–water partition coefficient (Wildman–Crippen LogP) is 3.21. The molecule has 0 spiro atoms. The van der Waals surface area contributed by atoms with Crippen LogP contribution in [-0.4, -0.2) is 10.7 Å². The zero-order valence-corrected chi connectivity index (χ0v) is 11.9. The standard InChI is InChI=1S/C19H14O3/c20-18-15-7-2-1-6-14(15)17-13(5-3-8-16(17)22-18)9-12-19(21)10-4-11-19/h1-3,5-8,21H,4,10-11H2. The van der Waals surface area contributed by atoms with Gasteiger partial charge in [0, 0.05) is 16.3 Å². The molecule has 0 unspecified atom stereocenters. The quantitative estimate of drug-likeness (QED) is 0.393. The second-order valence-corrected chi connectivity index (χ2v) is 5.75. The SMILES string of the molecule is O=c1oc2cccc(C#CC3(O)CCC3)c2c2ccccc12. The summed E-state index contributed by atoms with van der Waals surface area (Å²) in [4.78, 5) is 12.0. The number of hydrogen-bond donors (Lipinski definition) is 1. The lowest BCUT2D eigenvalue weighted by molar-refractivity contribution is 0.0240. The Bertz CT molecular complexity index is 998. The smallest absolute Gasteiger partial charge is 0.344 e.